The maximum Gasteiger partial charge on any atom is 0.330 e. The Morgan fingerprint density at radius 1 is 1.08 bits per heavy atom. The fraction of sp³-hybridized carbons (Fsp3) is 0.154. The molecule has 4 rings (SSSR count). The number of rotatable bonds is 6. The second-order valence-electron chi connectivity index (χ2n) is 8.16. The number of aryl methyl sites for hydroxylation is 1. The molecule has 0 aliphatic heterocycles. The fourth-order valence-electron chi connectivity index (χ4n) is 3.88. The quantitative estimate of drug-likeness (QED) is 0.400. The van der Waals surface area contributed by atoms with Crippen LogP contribution in [0.2, 0.25) is 5.02 Å². The molecule has 3 N–H and O–H groups in total. The topological polar surface area (TPSA) is 121 Å². The maximum atomic E-state index is 15.8. The van der Waals surface area contributed by atoms with Gasteiger partial charge in [0.15, 0.2) is 0 Å². The van der Waals surface area contributed by atoms with Gasteiger partial charge in [0.2, 0.25) is 5.88 Å². The minimum Gasteiger partial charge on any atom is -0.481 e. The highest BCUT2D eigenvalue weighted by atomic mass is 35.5. The molecule has 11 heteroatoms. The number of hydrogen-bond donors (Lipinski definition) is 2. The van der Waals surface area contributed by atoms with E-state index in [1.54, 1.807) is 42.5 Å². The number of anilines is 1. The van der Waals surface area contributed by atoms with Crippen molar-refractivity contribution in [2.75, 3.05) is 12.4 Å². The van der Waals surface area contributed by atoms with Gasteiger partial charge in [-0.1, -0.05) is 41.9 Å². The molecule has 0 aliphatic rings. The van der Waals surface area contributed by atoms with Crippen molar-refractivity contribution in [3.63, 3.8) is 0 Å². The van der Waals surface area contributed by atoms with Crippen LogP contribution in [0, 0.1) is 5.82 Å². The fourth-order valence-corrected chi connectivity index (χ4v) is 4.15. The smallest absolute Gasteiger partial charge is 0.330 e. The summed E-state index contributed by atoms with van der Waals surface area (Å²) < 4.78 is 23.0. The summed E-state index contributed by atoms with van der Waals surface area (Å²) in [6.45, 7) is 0.221. The third-order valence-electron chi connectivity index (χ3n) is 5.86. The Hall–Kier alpha value is -4.28. The number of nitrogens with two attached hydrogens (primary N) is 1. The Labute approximate surface area is 215 Å². The number of ether oxygens (including phenoxy) is 1. The van der Waals surface area contributed by atoms with Gasteiger partial charge in [-0.05, 0) is 18.2 Å². The van der Waals surface area contributed by atoms with E-state index < -0.39 is 23.0 Å². The summed E-state index contributed by atoms with van der Waals surface area (Å²) in [6, 6.07) is 12.9. The van der Waals surface area contributed by atoms with Crippen molar-refractivity contribution in [3.8, 4) is 28.3 Å². The summed E-state index contributed by atoms with van der Waals surface area (Å²) in [7, 11) is 4.16. The van der Waals surface area contributed by atoms with Crippen LogP contribution in [0.4, 0.5) is 10.1 Å². The number of carbonyl (C=O) groups excluding carboxylic acids is 1. The molecule has 0 saturated carbocycles. The van der Waals surface area contributed by atoms with Crippen LogP contribution in [0.25, 0.3) is 22.4 Å². The van der Waals surface area contributed by atoms with E-state index in [0.29, 0.717) is 22.7 Å². The number of halogens is 2. The number of hydrogen-bond acceptors (Lipinski definition) is 6. The highest BCUT2D eigenvalue weighted by Gasteiger charge is 2.20. The number of aromatic nitrogens is 3. The van der Waals surface area contributed by atoms with Gasteiger partial charge >= 0.3 is 5.69 Å². The maximum absolute atomic E-state index is 15.8. The van der Waals surface area contributed by atoms with Crippen LogP contribution in [0.3, 0.4) is 0 Å². The van der Waals surface area contributed by atoms with Crippen molar-refractivity contribution in [2.24, 2.45) is 19.8 Å². The van der Waals surface area contributed by atoms with Crippen LogP contribution in [0.1, 0.15) is 15.9 Å². The molecule has 0 bridgehead atoms. The van der Waals surface area contributed by atoms with Crippen LogP contribution < -0.4 is 27.0 Å². The van der Waals surface area contributed by atoms with Crippen LogP contribution in [0.15, 0.2) is 64.3 Å². The van der Waals surface area contributed by atoms with Crippen molar-refractivity contribution < 1.29 is 13.9 Å². The monoisotopic (exact) mass is 523 g/mol. The van der Waals surface area contributed by atoms with E-state index in [1.165, 1.54) is 27.3 Å². The lowest BCUT2D eigenvalue weighted by atomic mass is 9.99. The molecule has 4 aromatic rings. The average molecular weight is 524 g/mol. The number of nitrogens with one attached hydrogen (secondary N) is 1. The van der Waals surface area contributed by atoms with Gasteiger partial charge in [-0.2, -0.15) is 0 Å². The van der Waals surface area contributed by atoms with Crippen molar-refractivity contribution in [2.45, 2.75) is 6.54 Å². The summed E-state index contributed by atoms with van der Waals surface area (Å²) in [4.78, 5) is 41.6. The second-order valence-corrected chi connectivity index (χ2v) is 8.54. The van der Waals surface area contributed by atoms with Crippen LogP contribution in [-0.4, -0.2) is 27.1 Å². The molecule has 0 unspecified atom stereocenters. The number of benzene rings is 2. The molecule has 37 heavy (non-hydrogen) atoms. The third kappa shape index (κ3) is 4.76. The molecular formula is C26H23ClFN5O4. The van der Waals surface area contributed by atoms with Crippen LogP contribution >= 0.6 is 11.6 Å². The zero-order valence-corrected chi connectivity index (χ0v) is 21.0. The summed E-state index contributed by atoms with van der Waals surface area (Å²) in [5, 5.41) is 2.65. The third-order valence-corrected chi connectivity index (χ3v) is 6.26. The Balaban J connectivity index is 1.74. The first kappa shape index (κ1) is 25.8. The Bertz CT molecular complexity index is 1650. The van der Waals surface area contributed by atoms with Gasteiger partial charge in [0.1, 0.15) is 11.4 Å². The molecule has 9 nitrogen and oxygen atoms in total. The average Bonchev–Trinajstić information content (AvgIpc) is 2.90. The molecule has 2 aromatic heterocycles. The Kier molecular flexibility index (Phi) is 7.23. The van der Waals surface area contributed by atoms with Gasteiger partial charge in [0, 0.05) is 49.1 Å². The molecule has 2 aromatic carbocycles. The van der Waals surface area contributed by atoms with Crippen molar-refractivity contribution >= 4 is 23.2 Å². The summed E-state index contributed by atoms with van der Waals surface area (Å²) in [5.74, 6) is -1.03. The van der Waals surface area contributed by atoms with Crippen LogP contribution in [-0.2, 0) is 20.6 Å². The summed E-state index contributed by atoms with van der Waals surface area (Å²) in [5.41, 5.74) is 6.05. The van der Waals surface area contributed by atoms with Gasteiger partial charge in [-0.15, -0.1) is 0 Å². The zero-order chi connectivity index (χ0) is 26.9. The first-order chi connectivity index (χ1) is 17.7. The van der Waals surface area contributed by atoms with Gasteiger partial charge in [0.05, 0.1) is 23.5 Å². The number of carbonyl (C=O) groups is 1. The molecule has 2 heterocycles. The predicted molar refractivity (Wildman–Crippen MR) is 139 cm³/mol. The summed E-state index contributed by atoms with van der Waals surface area (Å²) in [6.07, 6.45) is 1.15. The largest absolute Gasteiger partial charge is 0.481 e. The lowest BCUT2D eigenvalue weighted by Crippen LogP contribution is -2.40. The van der Waals surface area contributed by atoms with Gasteiger partial charge in [-0.25, -0.2) is 14.2 Å². The standard InChI is InChI=1S/C26H23ClFN5O4/c1-32-13-18(25(35)33(2)26(32)36)23(34)30-20-9-5-6-15(21(20)27)16-7-4-8-17(22(16)28)19-11-10-14(12-29)24(31-19)37-3/h4-11,13H,12,29H2,1-3H3,(H,30,34). The minimum absolute atomic E-state index is 0.0672. The van der Waals surface area contributed by atoms with Crippen molar-refractivity contribution in [3.05, 3.63) is 97.5 Å². The van der Waals surface area contributed by atoms with Gasteiger partial charge in [-0.3, -0.25) is 14.2 Å². The van der Waals surface area contributed by atoms with Gasteiger partial charge in [0.25, 0.3) is 11.5 Å². The van der Waals surface area contributed by atoms with E-state index in [4.69, 9.17) is 22.1 Å². The van der Waals surface area contributed by atoms with E-state index in [0.717, 1.165) is 15.3 Å². The first-order valence-electron chi connectivity index (χ1n) is 11.1. The van der Waals surface area contributed by atoms with E-state index in [1.807, 2.05) is 0 Å². The molecular weight excluding hydrogens is 501 g/mol. The van der Waals surface area contributed by atoms with Crippen LogP contribution in [0.5, 0.6) is 5.88 Å². The second kappa shape index (κ2) is 10.4. The molecule has 1 amide bonds. The SMILES string of the molecule is COc1nc(-c2cccc(-c3cccc(NC(=O)c4cn(C)c(=O)n(C)c4=O)c3Cl)c2F)ccc1CN. The molecule has 0 atom stereocenters. The van der Waals surface area contributed by atoms with E-state index in [-0.39, 0.29) is 33.9 Å². The number of pyridine rings is 1. The highest BCUT2D eigenvalue weighted by Crippen LogP contribution is 2.38. The number of nitrogens with zero attached hydrogens (tertiary/aromatic N) is 3. The lowest BCUT2D eigenvalue weighted by Gasteiger charge is -2.14. The van der Waals surface area contributed by atoms with E-state index >= 15 is 4.39 Å². The molecule has 0 aliphatic carbocycles. The van der Waals surface area contributed by atoms with E-state index in [2.05, 4.69) is 10.3 Å². The first-order valence-corrected chi connectivity index (χ1v) is 11.5. The highest BCUT2D eigenvalue weighted by molar-refractivity contribution is 6.36. The zero-order valence-electron chi connectivity index (χ0n) is 20.2. The van der Waals surface area contributed by atoms with Gasteiger partial charge < -0.3 is 20.4 Å². The predicted octanol–water partition coefficient (Wildman–Crippen LogP) is 3.33. The van der Waals surface area contributed by atoms with Crippen molar-refractivity contribution in [1.29, 1.82) is 0 Å². The normalized spacial score (nSPS) is 10.9. The molecule has 190 valence electrons. The summed E-state index contributed by atoms with van der Waals surface area (Å²) >= 11 is 6.59. The molecule has 0 saturated heterocycles. The minimum atomic E-state index is -0.763. The lowest BCUT2D eigenvalue weighted by molar-refractivity contribution is 0.102. The Morgan fingerprint density at radius 3 is 2.46 bits per heavy atom. The number of amides is 1. The van der Waals surface area contributed by atoms with Crippen molar-refractivity contribution in [1.82, 2.24) is 14.1 Å². The Morgan fingerprint density at radius 2 is 1.76 bits per heavy atom. The van der Waals surface area contributed by atoms with E-state index in [9.17, 15) is 14.4 Å². The molecule has 0 radical (unpaired) electrons. The number of methoxy groups -OCH3 is 1. The molecule has 0 spiro atoms. The molecule has 0 fully saturated rings.